The average molecular weight is 1850 g/mol. The first-order valence-corrected chi connectivity index (χ1v) is 49.4. The Morgan fingerprint density at radius 3 is 1.06 bits per heavy atom. The van der Waals surface area contributed by atoms with Gasteiger partial charge < -0.3 is 112 Å². The van der Waals surface area contributed by atoms with E-state index in [2.05, 4.69) is 126 Å². The second kappa shape index (κ2) is 82.6. The molecule has 0 aromatic heterocycles. The summed E-state index contributed by atoms with van der Waals surface area (Å²) in [7, 11) is -5.79. The number of aryl methyl sites for hydroxylation is 3. The topological polar surface area (TPSA) is 396 Å². The second-order valence-corrected chi connectivity index (χ2v) is 35.2. The Bertz CT molecular complexity index is 2970. The average Bonchev–Trinajstić information content (AvgIpc) is 1.77. The maximum absolute atomic E-state index is 13.7. The summed E-state index contributed by atoms with van der Waals surface area (Å²) in [6.45, 7) is 55.9. The summed E-state index contributed by atoms with van der Waals surface area (Å²) in [5, 5.41) is 27.9. The smallest absolute Gasteiger partial charge is 0.469 e. The number of hydrogen-bond donors (Lipinski definition) is 6. The molecule has 0 saturated carbocycles. The molecule has 0 amide bonds. The van der Waals surface area contributed by atoms with Gasteiger partial charge in [-0.1, -0.05) is 159 Å². The van der Waals surface area contributed by atoms with E-state index in [1.54, 1.807) is 32.9 Å². The first-order valence-electron chi connectivity index (χ1n) is 44.8. The SMILES string of the molecule is C.CCC.CCC([NH3+])C(=O)[O-].CCCN.CCC[N+](CC)(CC)CC.CCN1CCOCC1.CC[C@H]1O[C@H](O)[C@H](O)[C@@H]1C.COCCOCCOCCOC.COCCOCCOCCOCCOP(=O)(OCCc1ccc(C)cc1)N1CCOCC1.Cc1ccc(CCOP(=O)(N2CCOCC2)N2CCOCC2)cc1.Cc1ccc(CCOP(=O)(O)O)cc1. The highest BCUT2D eigenvalue weighted by molar-refractivity contribution is 7.54. The number of benzene rings is 3. The number of likely N-dealkylation sites (N-methyl/N-ethyl adjacent to an activating group) is 1. The molecule has 5 aliphatic heterocycles. The Hall–Kier alpha value is -3.30. The van der Waals surface area contributed by atoms with E-state index in [9.17, 15) is 28.7 Å². The number of nitrogens with zero attached hydrogens (tertiary/aromatic N) is 5. The van der Waals surface area contributed by atoms with Gasteiger partial charge in [0.25, 0.3) is 0 Å². The fourth-order valence-corrected chi connectivity index (χ4v) is 16.0. The molecule has 36 heteroatoms. The number of nitrogens with two attached hydrogens (primary N) is 1. The molecule has 5 heterocycles. The monoisotopic (exact) mass is 1850 g/mol. The van der Waals surface area contributed by atoms with E-state index < -0.39 is 47.6 Å². The van der Waals surface area contributed by atoms with Crippen molar-refractivity contribution in [2.24, 2.45) is 11.7 Å². The zero-order chi connectivity index (χ0) is 93.0. The van der Waals surface area contributed by atoms with Crippen LogP contribution in [0.25, 0.3) is 0 Å². The summed E-state index contributed by atoms with van der Waals surface area (Å²) >= 11 is 0. The van der Waals surface area contributed by atoms with Gasteiger partial charge in [0, 0.05) is 86.0 Å². The summed E-state index contributed by atoms with van der Waals surface area (Å²) < 4.78 is 134. The number of quaternary nitrogens is 2. The fourth-order valence-electron chi connectivity index (χ4n) is 11.6. The van der Waals surface area contributed by atoms with Crippen LogP contribution in [-0.4, -0.2) is 352 Å². The number of carbonyl (C=O) groups is 1. The number of aliphatic hydroxyl groups is 2. The van der Waals surface area contributed by atoms with Crippen LogP contribution in [0.3, 0.4) is 0 Å². The minimum Gasteiger partial charge on any atom is -0.544 e. The highest BCUT2D eigenvalue weighted by atomic mass is 31.2. The molecule has 736 valence electrons. The molecule has 8 rings (SSSR count). The number of aliphatic carboxylic acids is 1. The number of hydrogen-bond acceptors (Lipinski definition) is 26. The summed E-state index contributed by atoms with van der Waals surface area (Å²) in [5.74, 6) is -1.01. The molecule has 0 spiro atoms. The van der Waals surface area contributed by atoms with Crippen LogP contribution < -0.4 is 16.6 Å². The lowest BCUT2D eigenvalue weighted by Crippen LogP contribution is -2.67. The number of aliphatic hydroxyl groups excluding tert-OH is 2. The molecule has 3 aromatic rings. The molecular weight excluding hydrogens is 1680 g/mol. The predicted molar refractivity (Wildman–Crippen MR) is 493 cm³/mol. The van der Waals surface area contributed by atoms with Crippen molar-refractivity contribution in [1.82, 2.24) is 18.9 Å². The third-order valence-corrected chi connectivity index (χ3v) is 25.1. The van der Waals surface area contributed by atoms with E-state index in [0.717, 1.165) is 68.8 Å². The Balaban J connectivity index is -0.00000142. The number of phosphoric acid groups is 1. The summed E-state index contributed by atoms with van der Waals surface area (Å²) in [6, 6.07) is 23.8. The van der Waals surface area contributed by atoms with E-state index in [1.165, 1.54) is 66.7 Å². The summed E-state index contributed by atoms with van der Waals surface area (Å²) in [6.07, 6.45) is 5.33. The van der Waals surface area contributed by atoms with Gasteiger partial charge in [-0.15, -0.1) is 0 Å². The molecule has 33 nitrogen and oxygen atoms in total. The molecule has 5 aliphatic rings. The number of rotatable bonds is 47. The van der Waals surface area contributed by atoms with E-state index in [0.29, 0.717) is 197 Å². The van der Waals surface area contributed by atoms with Gasteiger partial charge in [-0.25, -0.2) is 23.1 Å². The van der Waals surface area contributed by atoms with Crippen LogP contribution in [-0.2, 0) is 117 Å². The number of carboxylic acids is 1. The number of carboxylic acid groups (broad SMARTS) is 1. The summed E-state index contributed by atoms with van der Waals surface area (Å²) in [5.41, 5.74) is 15.3. The van der Waals surface area contributed by atoms with Crippen molar-refractivity contribution in [3.05, 3.63) is 106 Å². The van der Waals surface area contributed by atoms with Crippen LogP contribution >= 0.6 is 23.2 Å². The third kappa shape index (κ3) is 65.0. The lowest BCUT2D eigenvalue weighted by atomic mass is 9.99. The van der Waals surface area contributed by atoms with Crippen LogP contribution in [0.2, 0.25) is 0 Å². The molecule has 3 aromatic carbocycles. The van der Waals surface area contributed by atoms with Crippen molar-refractivity contribution in [2.75, 3.05) is 278 Å². The quantitative estimate of drug-likeness (QED) is 0.0174. The molecule has 0 aliphatic carbocycles. The molecule has 0 bridgehead atoms. The number of methoxy groups -OCH3 is 3. The Kier molecular flexibility index (Phi) is 83.1. The Labute approximate surface area is 754 Å². The van der Waals surface area contributed by atoms with Gasteiger partial charge in [-0.2, -0.15) is 0 Å². The Morgan fingerprint density at radius 2 is 0.808 bits per heavy atom. The number of ether oxygens (including phenoxy) is 13. The third-order valence-electron chi connectivity index (χ3n) is 19.7. The summed E-state index contributed by atoms with van der Waals surface area (Å²) in [4.78, 5) is 29.0. The standard InChI is InChI=1S/C22H38NO8P.C17H27N2O4P.C9H22N.C9H13O4P.C8H18O4.C7H14O3.C6H13NO.C4H9NO2.C3H9N.C3H8.CH4/c1-21-3-5-22(6-4-21)7-10-30-32(24,23-8-11-26-12-9-23)31-20-19-29-18-17-28-16-15-27-14-13-25-2;1-16-2-4-17(5-3-16)6-11-23-24(20,18-7-12-21-13-8-18)19-9-14-22-15-10-19;1-5-9-10(6-2,7-3)8-4;1-8-2-4-9(5-3-8)6-7-13-14(10,11)12;1-9-3-5-11-7-8-12-6-4-10-2;1-3-5-4(2)6(8)7(9)10-5;1-2-7-3-5-8-6-4-7;1-2-3(5)4(6)7;1-2-3-4;1-3-2;/h3-6H,7-20H2,1-2H3;2-5H,6-15H2,1H3;5-9H2,1-4H3;2-5H,6-7H2,1H3,(H2,10,11,12);3-8H2,1-2H3;4-9H,3H2,1-2H3;2-6H2,1H3;3H,2,5H2,1H3,(H,6,7);2-4H2,1H3;3H2,1-2H3;1H4/q;;+1;;;;;;;;/t;;;;;4-,5-,6-,7+;;;;;/m.....1...../s1. The van der Waals surface area contributed by atoms with Crippen LogP contribution in [0.1, 0.15) is 149 Å². The second-order valence-electron chi connectivity index (χ2n) is 29.5. The fraction of sp³-hybridized carbons (Fsp3) is 0.787. The van der Waals surface area contributed by atoms with Crippen molar-refractivity contribution >= 4 is 29.2 Å². The first kappa shape index (κ1) is 126. The van der Waals surface area contributed by atoms with E-state index in [4.69, 9.17) is 95.8 Å². The predicted octanol–water partition coefficient (Wildman–Crippen LogP) is 9.88. The maximum atomic E-state index is 13.7. The van der Waals surface area contributed by atoms with Crippen LogP contribution in [0.4, 0.5) is 0 Å². The zero-order valence-corrected chi connectivity index (χ0v) is 81.9. The van der Waals surface area contributed by atoms with Gasteiger partial charge in [0.1, 0.15) is 12.1 Å². The van der Waals surface area contributed by atoms with Gasteiger partial charge in [0.05, 0.1) is 203 Å². The molecule has 5 saturated heterocycles. The van der Waals surface area contributed by atoms with E-state index in [-0.39, 0.29) is 32.7 Å². The van der Waals surface area contributed by atoms with Crippen molar-refractivity contribution in [3.8, 4) is 0 Å². The number of morpholine rings is 4. The highest BCUT2D eigenvalue weighted by Crippen LogP contribution is 2.55. The van der Waals surface area contributed by atoms with Gasteiger partial charge in [0.2, 0.25) is 0 Å². The number of carbonyl (C=O) groups excluding carboxylic acids is 1. The van der Waals surface area contributed by atoms with Crippen molar-refractivity contribution in [1.29, 1.82) is 0 Å². The van der Waals surface area contributed by atoms with Crippen LogP contribution in [0.15, 0.2) is 72.8 Å². The van der Waals surface area contributed by atoms with Gasteiger partial charge in [-0.3, -0.25) is 23.0 Å². The van der Waals surface area contributed by atoms with E-state index >= 15 is 0 Å². The zero-order valence-electron chi connectivity index (χ0n) is 79.2. The molecule has 0 radical (unpaired) electrons. The van der Waals surface area contributed by atoms with Crippen LogP contribution in [0, 0.1) is 26.7 Å². The molecule has 2 unspecified atom stereocenters. The number of phosphoric ester groups is 1. The molecule has 5 fully saturated rings. The molecule has 9 N–H and O–H groups in total. The highest BCUT2D eigenvalue weighted by Gasteiger charge is 2.41. The van der Waals surface area contributed by atoms with Gasteiger partial charge in [-0.05, 0) is 110 Å². The molecule has 6 atom stereocenters. The lowest BCUT2D eigenvalue weighted by Gasteiger charge is -2.41. The minimum atomic E-state index is -4.31. The Morgan fingerprint density at radius 1 is 0.496 bits per heavy atom. The van der Waals surface area contributed by atoms with Gasteiger partial charge >= 0.3 is 23.2 Å². The minimum absolute atomic E-state index is 0. The molecule has 125 heavy (non-hydrogen) atoms. The first-order chi connectivity index (χ1) is 59.6. The normalized spacial score (nSPS) is 18.1. The van der Waals surface area contributed by atoms with Crippen molar-refractivity contribution in [2.45, 2.75) is 180 Å². The van der Waals surface area contributed by atoms with Crippen LogP contribution in [0.5, 0.6) is 0 Å². The van der Waals surface area contributed by atoms with Crippen molar-refractivity contribution < 1.29 is 133 Å². The van der Waals surface area contributed by atoms with Gasteiger partial charge in [0.15, 0.2) is 6.29 Å². The van der Waals surface area contributed by atoms with Crippen molar-refractivity contribution in [3.63, 3.8) is 0 Å². The molecular formula is C89H175N7O26P3+. The van der Waals surface area contributed by atoms with E-state index in [1.807, 2.05) is 61.3 Å². The lowest BCUT2D eigenvalue weighted by molar-refractivity contribution is -0.923. The maximum Gasteiger partial charge on any atom is 0.469 e. The largest absolute Gasteiger partial charge is 0.544 e.